The minimum absolute atomic E-state index is 0.153. The van der Waals surface area contributed by atoms with Crippen molar-refractivity contribution in [1.82, 2.24) is 13.7 Å². The number of nitrogens with zero attached hydrogens (tertiary/aromatic N) is 5. The van der Waals surface area contributed by atoms with E-state index >= 15 is 0 Å². The Bertz CT molecular complexity index is 3850. The molecule has 6 heteroatoms. The molecule has 12 rings (SSSR count). The summed E-state index contributed by atoms with van der Waals surface area (Å²) >= 11 is 0. The molecule has 0 radical (unpaired) electrons. The van der Waals surface area contributed by atoms with Gasteiger partial charge in [0.1, 0.15) is 0 Å². The van der Waals surface area contributed by atoms with Crippen molar-refractivity contribution in [3.05, 3.63) is 235 Å². The van der Waals surface area contributed by atoms with Crippen LogP contribution in [0.3, 0.4) is 0 Å². The molecule has 1 N–H and O–H groups in total. The highest BCUT2D eigenvalue weighted by molar-refractivity contribution is 6.26. The van der Waals surface area contributed by atoms with E-state index in [1.54, 1.807) is 0 Å². The van der Waals surface area contributed by atoms with Crippen LogP contribution in [0, 0.1) is 5.41 Å². The van der Waals surface area contributed by atoms with Crippen molar-refractivity contribution >= 4 is 82.8 Å². The van der Waals surface area contributed by atoms with Gasteiger partial charge in [-0.1, -0.05) is 152 Å². The zero-order valence-corrected chi connectivity index (χ0v) is 35.0. The standard InChI is InChI=1S/C58H40N6/c1-38(39-18-5-2-6-19-39)60-58(61-57(59)40-20-7-3-8-21-40)41-22-17-25-43(36-41)64-51-30-15-11-26-45(51)47-33-35-54-55(56(47)64)48-28-13-16-31-52(48)63(54)44-32-34-53-49(37-44)46-27-12-14-29-50(46)62(53)42-23-9-4-10-24-42/h2-37,59H,1H3. The highest BCUT2D eigenvalue weighted by atomic mass is 15.0. The quantitative estimate of drug-likeness (QED) is 0.128. The van der Waals surface area contributed by atoms with E-state index in [0.717, 1.165) is 61.5 Å². The van der Waals surface area contributed by atoms with Gasteiger partial charge in [-0.2, -0.15) is 0 Å². The molecule has 0 aliphatic rings. The van der Waals surface area contributed by atoms with Gasteiger partial charge in [0.15, 0.2) is 11.7 Å². The lowest BCUT2D eigenvalue weighted by atomic mass is 10.1. The average molecular weight is 821 g/mol. The third-order valence-electron chi connectivity index (χ3n) is 12.5. The molecule has 302 valence electrons. The fraction of sp³-hybridized carbons (Fsp3) is 0.0172. The summed E-state index contributed by atoms with van der Waals surface area (Å²) in [5, 5.41) is 16.2. The van der Waals surface area contributed by atoms with Gasteiger partial charge in [0.25, 0.3) is 0 Å². The Balaban J connectivity index is 1.09. The number of para-hydroxylation sites is 4. The number of aliphatic imine (C=N–C) groups is 2. The first kappa shape index (κ1) is 37.2. The molecular formula is C58H40N6. The van der Waals surface area contributed by atoms with Crippen molar-refractivity contribution in [3.63, 3.8) is 0 Å². The molecule has 0 atom stereocenters. The number of nitrogens with one attached hydrogen (secondary N) is 1. The van der Waals surface area contributed by atoms with Crippen molar-refractivity contribution < 1.29 is 0 Å². The Morgan fingerprint density at radius 3 is 1.58 bits per heavy atom. The van der Waals surface area contributed by atoms with Crippen molar-refractivity contribution in [1.29, 1.82) is 5.41 Å². The first-order valence-electron chi connectivity index (χ1n) is 21.6. The number of rotatable bonds is 6. The van der Waals surface area contributed by atoms with Gasteiger partial charge in [-0.15, -0.1) is 0 Å². The van der Waals surface area contributed by atoms with E-state index < -0.39 is 0 Å². The normalized spacial score (nSPS) is 12.4. The number of hydrogen-bond acceptors (Lipinski definition) is 1. The fourth-order valence-electron chi connectivity index (χ4n) is 9.62. The molecule has 6 nitrogen and oxygen atoms in total. The van der Waals surface area contributed by atoms with Gasteiger partial charge in [0.2, 0.25) is 0 Å². The molecular weight excluding hydrogens is 781 g/mol. The van der Waals surface area contributed by atoms with Gasteiger partial charge in [-0.25, -0.2) is 9.98 Å². The van der Waals surface area contributed by atoms with Crippen LogP contribution < -0.4 is 0 Å². The van der Waals surface area contributed by atoms with E-state index in [2.05, 4.69) is 177 Å². The molecule has 0 bridgehead atoms. The van der Waals surface area contributed by atoms with Crippen molar-refractivity contribution in [2.75, 3.05) is 0 Å². The molecule has 9 aromatic carbocycles. The van der Waals surface area contributed by atoms with Crippen LogP contribution in [-0.2, 0) is 0 Å². The zero-order chi connectivity index (χ0) is 42.7. The van der Waals surface area contributed by atoms with Crippen molar-refractivity contribution in [2.24, 2.45) is 9.98 Å². The van der Waals surface area contributed by atoms with Crippen LogP contribution in [0.2, 0.25) is 0 Å². The molecule has 0 unspecified atom stereocenters. The maximum absolute atomic E-state index is 9.07. The molecule has 3 aromatic heterocycles. The molecule has 0 saturated carbocycles. The summed E-state index contributed by atoms with van der Waals surface area (Å²) in [5.74, 6) is 0.628. The zero-order valence-electron chi connectivity index (χ0n) is 35.0. The molecule has 0 amide bonds. The lowest BCUT2D eigenvalue weighted by Gasteiger charge is -2.12. The van der Waals surface area contributed by atoms with Gasteiger partial charge in [-0.3, -0.25) is 5.41 Å². The van der Waals surface area contributed by atoms with Crippen LogP contribution in [0.25, 0.3) is 82.5 Å². The molecule has 0 fully saturated rings. The topological polar surface area (TPSA) is 63.4 Å². The summed E-state index contributed by atoms with van der Waals surface area (Å²) < 4.78 is 7.20. The predicted molar refractivity (Wildman–Crippen MR) is 268 cm³/mol. The first-order chi connectivity index (χ1) is 31.6. The van der Waals surface area contributed by atoms with E-state index in [1.165, 1.54) is 43.4 Å². The van der Waals surface area contributed by atoms with Crippen LogP contribution in [0.4, 0.5) is 0 Å². The number of fused-ring (bicyclic) bond motifs is 10. The molecule has 0 aliphatic carbocycles. The maximum atomic E-state index is 9.07. The molecule has 0 saturated heterocycles. The minimum Gasteiger partial charge on any atom is -0.309 e. The van der Waals surface area contributed by atoms with E-state index in [1.807, 2.05) is 61.5 Å². The smallest absolute Gasteiger partial charge is 0.161 e. The second kappa shape index (κ2) is 15.1. The summed E-state index contributed by atoms with van der Waals surface area (Å²) in [6.07, 6.45) is 0. The van der Waals surface area contributed by atoms with E-state index in [-0.39, 0.29) is 5.84 Å². The first-order valence-corrected chi connectivity index (χ1v) is 21.6. The number of benzene rings is 9. The third-order valence-corrected chi connectivity index (χ3v) is 12.5. The molecule has 64 heavy (non-hydrogen) atoms. The Kier molecular flexibility index (Phi) is 8.76. The van der Waals surface area contributed by atoms with Gasteiger partial charge in [0, 0.05) is 66.2 Å². The van der Waals surface area contributed by atoms with Crippen LogP contribution in [0.1, 0.15) is 23.6 Å². The third kappa shape index (κ3) is 5.99. The van der Waals surface area contributed by atoms with Crippen LogP contribution in [0.5, 0.6) is 0 Å². The Morgan fingerprint density at radius 1 is 0.359 bits per heavy atom. The highest BCUT2D eigenvalue weighted by Gasteiger charge is 2.22. The lowest BCUT2D eigenvalue weighted by molar-refractivity contribution is 1.16. The summed E-state index contributed by atoms with van der Waals surface area (Å²) in [7, 11) is 0. The SMILES string of the molecule is CC(=NC(=NC(=N)c1ccccc1)c1cccc(-n2c3ccccc3c3ccc4c(c5ccccc5n4-c4ccc5c(c4)c4ccccc4n5-c4ccccc4)c32)c1)c1ccccc1. The molecule has 3 heterocycles. The molecule has 0 spiro atoms. The lowest BCUT2D eigenvalue weighted by Crippen LogP contribution is -2.08. The van der Waals surface area contributed by atoms with Crippen LogP contribution in [-0.4, -0.2) is 31.1 Å². The van der Waals surface area contributed by atoms with E-state index in [4.69, 9.17) is 15.4 Å². The summed E-state index contributed by atoms with van der Waals surface area (Å²) in [5.41, 5.74) is 13.4. The fourth-order valence-corrected chi connectivity index (χ4v) is 9.62. The Morgan fingerprint density at radius 2 is 0.859 bits per heavy atom. The minimum atomic E-state index is 0.153. The summed E-state index contributed by atoms with van der Waals surface area (Å²) in [4.78, 5) is 10.0. The predicted octanol–water partition coefficient (Wildman–Crippen LogP) is 14.3. The van der Waals surface area contributed by atoms with E-state index in [9.17, 15) is 0 Å². The number of aromatic nitrogens is 3. The van der Waals surface area contributed by atoms with E-state index in [0.29, 0.717) is 5.84 Å². The van der Waals surface area contributed by atoms with Gasteiger partial charge >= 0.3 is 0 Å². The van der Waals surface area contributed by atoms with Gasteiger partial charge < -0.3 is 13.7 Å². The van der Waals surface area contributed by atoms with Gasteiger partial charge in [0.05, 0.1) is 33.1 Å². The van der Waals surface area contributed by atoms with Crippen molar-refractivity contribution in [3.8, 4) is 17.1 Å². The monoisotopic (exact) mass is 820 g/mol. The number of hydrogen-bond donors (Lipinski definition) is 1. The summed E-state index contributed by atoms with van der Waals surface area (Å²) in [6, 6.07) is 76.5. The summed E-state index contributed by atoms with van der Waals surface area (Å²) in [6.45, 7) is 2.00. The molecule has 12 aromatic rings. The van der Waals surface area contributed by atoms with Gasteiger partial charge in [-0.05, 0) is 79.2 Å². The molecule has 0 aliphatic heterocycles. The van der Waals surface area contributed by atoms with Crippen molar-refractivity contribution in [2.45, 2.75) is 6.92 Å². The number of amidine groups is 2. The second-order valence-electron chi connectivity index (χ2n) is 16.2. The Hall–Kier alpha value is -8.61. The van der Waals surface area contributed by atoms with Crippen LogP contribution >= 0.6 is 0 Å². The largest absolute Gasteiger partial charge is 0.309 e. The van der Waals surface area contributed by atoms with Crippen LogP contribution in [0.15, 0.2) is 228 Å². The maximum Gasteiger partial charge on any atom is 0.161 e. The highest BCUT2D eigenvalue weighted by Crippen LogP contribution is 2.43. The average Bonchev–Trinajstić information content (AvgIpc) is 4.00. The second-order valence-corrected chi connectivity index (χ2v) is 16.2. The Labute approximate surface area is 369 Å².